The molecule has 1 aromatic heterocycles. The summed E-state index contributed by atoms with van der Waals surface area (Å²) in [6.07, 6.45) is 1.21. The van der Waals surface area contributed by atoms with Crippen molar-refractivity contribution in [3.05, 3.63) is 53.3 Å². The maximum absolute atomic E-state index is 13.0. The molecule has 0 saturated heterocycles. The summed E-state index contributed by atoms with van der Waals surface area (Å²) < 4.78 is 51.8. The Labute approximate surface area is 113 Å². The summed E-state index contributed by atoms with van der Waals surface area (Å²) in [6.45, 7) is 0. The van der Waals surface area contributed by atoms with Crippen molar-refractivity contribution >= 4 is 27.3 Å². The number of rotatable bonds is 3. The lowest BCUT2D eigenvalue weighted by Crippen LogP contribution is -2.13. The molecule has 2 rings (SSSR count). The smallest absolute Gasteiger partial charge is 0.262 e. The van der Waals surface area contributed by atoms with Gasteiger partial charge in [0.25, 0.3) is 10.0 Å². The predicted octanol–water partition coefficient (Wildman–Crippen LogP) is 2.81. The topological polar surface area (TPSA) is 59.1 Å². The number of halogens is 3. The van der Waals surface area contributed by atoms with E-state index in [1.165, 1.54) is 12.3 Å². The third-order valence-corrected chi connectivity index (χ3v) is 3.71. The molecule has 0 bridgehead atoms. The van der Waals surface area contributed by atoms with Crippen molar-refractivity contribution in [1.29, 1.82) is 0 Å². The second kappa shape index (κ2) is 5.10. The number of anilines is 1. The Kier molecular flexibility index (Phi) is 3.68. The van der Waals surface area contributed by atoms with Crippen molar-refractivity contribution in [3.8, 4) is 0 Å². The van der Waals surface area contributed by atoms with Gasteiger partial charge in [0, 0.05) is 12.3 Å². The molecule has 0 amide bonds. The van der Waals surface area contributed by atoms with Crippen LogP contribution < -0.4 is 4.72 Å². The molecule has 0 aliphatic heterocycles. The number of hydrogen-bond donors (Lipinski definition) is 1. The van der Waals surface area contributed by atoms with Crippen LogP contribution in [0.4, 0.5) is 14.5 Å². The van der Waals surface area contributed by atoms with Gasteiger partial charge in [-0.3, -0.25) is 4.72 Å². The highest BCUT2D eigenvalue weighted by Crippen LogP contribution is 2.19. The van der Waals surface area contributed by atoms with Gasteiger partial charge in [-0.05, 0) is 24.3 Å². The summed E-state index contributed by atoms with van der Waals surface area (Å²) in [5.41, 5.74) is -0.217. The normalized spacial score (nSPS) is 11.3. The molecule has 0 atom stereocenters. The average Bonchev–Trinajstić information content (AvgIpc) is 2.26. The van der Waals surface area contributed by atoms with Crippen LogP contribution in [0.3, 0.4) is 0 Å². The lowest BCUT2D eigenvalue weighted by atomic mass is 10.3. The maximum atomic E-state index is 13.0. The Hall–Kier alpha value is -1.73. The zero-order chi connectivity index (χ0) is 14.0. The van der Waals surface area contributed by atoms with Crippen molar-refractivity contribution in [1.82, 2.24) is 4.98 Å². The van der Waals surface area contributed by atoms with E-state index in [2.05, 4.69) is 4.98 Å². The molecule has 0 aliphatic rings. The van der Waals surface area contributed by atoms with E-state index in [4.69, 9.17) is 11.6 Å². The number of pyridine rings is 1. The second-order valence-corrected chi connectivity index (χ2v) is 5.65. The summed E-state index contributed by atoms with van der Waals surface area (Å²) in [6, 6.07) is 4.71. The zero-order valence-electron chi connectivity index (χ0n) is 9.27. The molecule has 0 spiro atoms. The molecule has 8 heteroatoms. The van der Waals surface area contributed by atoms with Gasteiger partial charge in [-0.25, -0.2) is 22.2 Å². The van der Waals surface area contributed by atoms with Gasteiger partial charge < -0.3 is 0 Å². The number of sulfonamides is 1. The first-order valence-corrected chi connectivity index (χ1v) is 6.83. The first-order chi connectivity index (χ1) is 8.87. The van der Waals surface area contributed by atoms with Crippen LogP contribution in [0.2, 0.25) is 5.15 Å². The molecule has 1 heterocycles. The van der Waals surface area contributed by atoms with Crippen molar-refractivity contribution < 1.29 is 17.2 Å². The SMILES string of the molecule is O=S(=O)(Nc1cc(F)cc(F)c1)c1ccnc(Cl)c1. The van der Waals surface area contributed by atoms with Crippen LogP contribution in [-0.4, -0.2) is 13.4 Å². The number of aromatic nitrogens is 1. The van der Waals surface area contributed by atoms with Gasteiger partial charge in [0.2, 0.25) is 0 Å². The van der Waals surface area contributed by atoms with Gasteiger partial charge in [-0.2, -0.15) is 0 Å². The maximum Gasteiger partial charge on any atom is 0.262 e. The number of nitrogens with one attached hydrogen (secondary N) is 1. The summed E-state index contributed by atoms with van der Waals surface area (Å²) in [5.74, 6) is -1.77. The Balaban J connectivity index is 2.36. The van der Waals surface area contributed by atoms with E-state index in [0.717, 1.165) is 18.2 Å². The summed E-state index contributed by atoms with van der Waals surface area (Å²) in [5, 5.41) is -0.00621. The van der Waals surface area contributed by atoms with Gasteiger partial charge in [0.1, 0.15) is 16.8 Å². The van der Waals surface area contributed by atoms with Crippen LogP contribution in [0.1, 0.15) is 0 Å². The van der Waals surface area contributed by atoms with Crippen LogP contribution in [0.5, 0.6) is 0 Å². The molecular formula is C11H7ClF2N2O2S. The number of nitrogens with zero attached hydrogens (tertiary/aromatic N) is 1. The number of benzene rings is 1. The van der Waals surface area contributed by atoms with Crippen LogP contribution >= 0.6 is 11.6 Å². The summed E-state index contributed by atoms with van der Waals surface area (Å²) in [4.78, 5) is 3.49. The largest absolute Gasteiger partial charge is 0.279 e. The lowest BCUT2D eigenvalue weighted by molar-refractivity contribution is 0.584. The van der Waals surface area contributed by atoms with Crippen LogP contribution in [0.15, 0.2) is 41.4 Å². The molecule has 0 saturated carbocycles. The highest BCUT2D eigenvalue weighted by atomic mass is 35.5. The highest BCUT2D eigenvalue weighted by Gasteiger charge is 2.15. The molecule has 2 aromatic rings. The zero-order valence-corrected chi connectivity index (χ0v) is 10.8. The molecule has 100 valence electrons. The third-order valence-electron chi connectivity index (χ3n) is 2.12. The molecule has 19 heavy (non-hydrogen) atoms. The van der Waals surface area contributed by atoms with E-state index < -0.39 is 21.7 Å². The molecule has 0 fully saturated rings. The molecule has 0 aliphatic carbocycles. The quantitative estimate of drug-likeness (QED) is 0.887. The fraction of sp³-hybridized carbons (Fsp3) is 0. The molecule has 1 aromatic carbocycles. The lowest BCUT2D eigenvalue weighted by Gasteiger charge is -2.08. The minimum atomic E-state index is -3.98. The van der Waals surface area contributed by atoms with E-state index in [1.54, 1.807) is 0 Å². The third kappa shape index (κ3) is 3.39. The Morgan fingerprint density at radius 1 is 1.11 bits per heavy atom. The summed E-state index contributed by atoms with van der Waals surface area (Å²) >= 11 is 5.58. The predicted molar refractivity (Wildman–Crippen MR) is 66.4 cm³/mol. The van der Waals surface area contributed by atoms with Gasteiger partial charge >= 0.3 is 0 Å². The van der Waals surface area contributed by atoms with Gasteiger partial charge in [0.05, 0.1) is 10.6 Å². The fourth-order valence-corrected chi connectivity index (χ4v) is 2.67. The monoisotopic (exact) mass is 304 g/mol. The van der Waals surface area contributed by atoms with E-state index >= 15 is 0 Å². The Bertz CT molecular complexity index is 702. The second-order valence-electron chi connectivity index (χ2n) is 3.58. The molecular weight excluding hydrogens is 298 g/mol. The van der Waals surface area contributed by atoms with E-state index in [9.17, 15) is 17.2 Å². The summed E-state index contributed by atoms with van der Waals surface area (Å²) in [7, 11) is -3.98. The standard InChI is InChI=1S/C11H7ClF2N2O2S/c12-11-6-10(1-2-15-11)19(17,18)16-9-4-7(13)3-8(14)5-9/h1-6,16H. The first kappa shape index (κ1) is 13.7. The molecule has 4 nitrogen and oxygen atoms in total. The molecule has 1 N–H and O–H groups in total. The van der Waals surface area contributed by atoms with E-state index in [-0.39, 0.29) is 15.7 Å². The van der Waals surface area contributed by atoms with Crippen LogP contribution in [0, 0.1) is 11.6 Å². The van der Waals surface area contributed by atoms with Gasteiger partial charge in [0.15, 0.2) is 0 Å². The number of hydrogen-bond acceptors (Lipinski definition) is 3. The fourth-order valence-electron chi connectivity index (χ4n) is 1.38. The average molecular weight is 305 g/mol. The van der Waals surface area contributed by atoms with Gasteiger partial charge in [-0.15, -0.1) is 0 Å². The van der Waals surface area contributed by atoms with Crippen molar-refractivity contribution in [2.24, 2.45) is 0 Å². The molecule has 0 radical (unpaired) electrons. The highest BCUT2D eigenvalue weighted by molar-refractivity contribution is 7.92. The minimum absolute atomic E-state index is 0.00621. The minimum Gasteiger partial charge on any atom is -0.279 e. The van der Waals surface area contributed by atoms with Crippen molar-refractivity contribution in [3.63, 3.8) is 0 Å². The molecule has 0 unspecified atom stereocenters. The van der Waals surface area contributed by atoms with Crippen LogP contribution in [0.25, 0.3) is 0 Å². The van der Waals surface area contributed by atoms with Gasteiger partial charge in [-0.1, -0.05) is 11.6 Å². The van der Waals surface area contributed by atoms with Crippen molar-refractivity contribution in [2.75, 3.05) is 4.72 Å². The first-order valence-electron chi connectivity index (χ1n) is 4.97. The Morgan fingerprint density at radius 3 is 2.32 bits per heavy atom. The van der Waals surface area contributed by atoms with Crippen LogP contribution in [-0.2, 0) is 10.0 Å². The van der Waals surface area contributed by atoms with E-state index in [1.807, 2.05) is 4.72 Å². The van der Waals surface area contributed by atoms with Crippen molar-refractivity contribution in [2.45, 2.75) is 4.90 Å². The Morgan fingerprint density at radius 2 is 1.74 bits per heavy atom. The van der Waals surface area contributed by atoms with E-state index in [0.29, 0.717) is 6.07 Å².